The van der Waals surface area contributed by atoms with E-state index < -0.39 is 0 Å². The molecule has 0 aliphatic carbocycles. The molecular formula is C13H26N2O. The molecular weight excluding hydrogens is 200 g/mol. The first-order valence-electron chi connectivity index (χ1n) is 6.77. The van der Waals surface area contributed by atoms with Crippen LogP contribution in [0.1, 0.15) is 58.3 Å². The molecule has 0 bridgehead atoms. The number of amides is 1. The third-order valence-corrected chi connectivity index (χ3v) is 3.30. The van der Waals surface area contributed by atoms with Gasteiger partial charge in [0.2, 0.25) is 5.91 Å². The van der Waals surface area contributed by atoms with Crippen LogP contribution in [0.5, 0.6) is 0 Å². The predicted molar refractivity (Wildman–Crippen MR) is 67.2 cm³/mol. The molecule has 0 saturated carbocycles. The smallest absolute Gasteiger partial charge is 0.222 e. The van der Waals surface area contributed by atoms with Crippen LogP contribution in [0.15, 0.2) is 0 Å². The maximum atomic E-state index is 11.8. The topological polar surface area (TPSA) is 46.3 Å². The molecule has 0 aromatic rings. The van der Waals surface area contributed by atoms with Crippen LogP contribution in [0.4, 0.5) is 0 Å². The first-order valence-corrected chi connectivity index (χ1v) is 6.77. The minimum atomic E-state index is 0.206. The Labute approximate surface area is 99.4 Å². The van der Waals surface area contributed by atoms with Crippen molar-refractivity contribution in [3.8, 4) is 0 Å². The van der Waals surface area contributed by atoms with E-state index in [4.69, 9.17) is 5.73 Å². The van der Waals surface area contributed by atoms with Crippen molar-refractivity contribution >= 4 is 5.91 Å². The van der Waals surface area contributed by atoms with E-state index in [1.807, 2.05) is 4.90 Å². The predicted octanol–water partition coefficient (Wildman–Crippen LogP) is 2.30. The minimum absolute atomic E-state index is 0.206. The van der Waals surface area contributed by atoms with Crippen molar-refractivity contribution in [1.29, 1.82) is 0 Å². The second-order valence-corrected chi connectivity index (χ2v) is 4.91. The third-order valence-electron chi connectivity index (χ3n) is 3.30. The van der Waals surface area contributed by atoms with E-state index in [0.29, 0.717) is 5.91 Å². The summed E-state index contributed by atoms with van der Waals surface area (Å²) >= 11 is 0. The van der Waals surface area contributed by atoms with Gasteiger partial charge in [0.15, 0.2) is 0 Å². The molecule has 1 saturated heterocycles. The highest BCUT2D eigenvalue weighted by Crippen LogP contribution is 2.12. The van der Waals surface area contributed by atoms with E-state index in [1.165, 1.54) is 25.7 Å². The molecule has 1 rings (SSSR count). The van der Waals surface area contributed by atoms with E-state index >= 15 is 0 Å². The van der Waals surface area contributed by atoms with Crippen LogP contribution in [-0.2, 0) is 4.79 Å². The van der Waals surface area contributed by atoms with Crippen molar-refractivity contribution in [3.05, 3.63) is 0 Å². The number of carbonyl (C=O) groups is 1. The van der Waals surface area contributed by atoms with Crippen molar-refractivity contribution in [2.75, 3.05) is 13.1 Å². The normalized spacial score (nSPS) is 21.1. The van der Waals surface area contributed by atoms with Crippen LogP contribution >= 0.6 is 0 Å². The lowest BCUT2D eigenvalue weighted by Crippen LogP contribution is -2.45. The van der Waals surface area contributed by atoms with Crippen LogP contribution < -0.4 is 5.73 Å². The van der Waals surface area contributed by atoms with Gasteiger partial charge in [0.05, 0.1) is 0 Å². The Morgan fingerprint density at radius 2 is 2.06 bits per heavy atom. The van der Waals surface area contributed by atoms with Gasteiger partial charge in [0.25, 0.3) is 0 Å². The number of piperidine rings is 1. The molecule has 1 heterocycles. The summed E-state index contributed by atoms with van der Waals surface area (Å²) in [5.74, 6) is 0.312. The molecule has 3 heteroatoms. The Morgan fingerprint density at radius 1 is 1.31 bits per heavy atom. The Balaban J connectivity index is 2.09. The number of hydrogen-bond acceptors (Lipinski definition) is 2. The summed E-state index contributed by atoms with van der Waals surface area (Å²) in [5.41, 5.74) is 5.86. The lowest BCUT2D eigenvalue weighted by atomic mass is 10.1. The fraction of sp³-hybridized carbons (Fsp3) is 0.923. The summed E-state index contributed by atoms with van der Waals surface area (Å²) in [4.78, 5) is 13.8. The summed E-state index contributed by atoms with van der Waals surface area (Å²) in [7, 11) is 0. The first kappa shape index (κ1) is 13.5. The Morgan fingerprint density at radius 3 is 2.75 bits per heavy atom. The lowest BCUT2D eigenvalue weighted by Gasteiger charge is -2.30. The average Bonchev–Trinajstić information content (AvgIpc) is 2.28. The lowest BCUT2D eigenvalue weighted by molar-refractivity contribution is -0.132. The monoisotopic (exact) mass is 226 g/mol. The number of carbonyl (C=O) groups excluding carboxylic acids is 1. The molecule has 16 heavy (non-hydrogen) atoms. The summed E-state index contributed by atoms with van der Waals surface area (Å²) in [6, 6.07) is 0.206. The van der Waals surface area contributed by atoms with E-state index in [-0.39, 0.29) is 6.04 Å². The zero-order chi connectivity index (χ0) is 11.8. The van der Waals surface area contributed by atoms with Crippen LogP contribution in [0.25, 0.3) is 0 Å². The molecule has 0 aromatic heterocycles. The van der Waals surface area contributed by atoms with Crippen LogP contribution in [-0.4, -0.2) is 29.9 Å². The number of unbranched alkanes of at least 4 members (excludes halogenated alkanes) is 4. The number of nitrogens with two attached hydrogens (primary N) is 1. The highest BCUT2D eigenvalue weighted by molar-refractivity contribution is 5.76. The zero-order valence-corrected chi connectivity index (χ0v) is 10.6. The van der Waals surface area contributed by atoms with Gasteiger partial charge in [0.1, 0.15) is 0 Å². The molecule has 0 radical (unpaired) electrons. The molecule has 0 unspecified atom stereocenters. The maximum absolute atomic E-state index is 11.8. The van der Waals surface area contributed by atoms with Gasteiger partial charge in [0, 0.05) is 25.6 Å². The van der Waals surface area contributed by atoms with E-state index in [2.05, 4.69) is 6.92 Å². The molecule has 0 aromatic carbocycles. The Hall–Kier alpha value is -0.570. The van der Waals surface area contributed by atoms with E-state index in [9.17, 15) is 4.79 Å². The molecule has 94 valence electrons. The van der Waals surface area contributed by atoms with E-state index in [0.717, 1.165) is 38.8 Å². The number of hydrogen-bond donors (Lipinski definition) is 1. The van der Waals surface area contributed by atoms with Crippen molar-refractivity contribution in [2.45, 2.75) is 64.3 Å². The SMILES string of the molecule is CCCCCCCC(=O)N1CCC[C@H](N)C1. The molecule has 1 fully saturated rings. The molecule has 1 atom stereocenters. The van der Waals surface area contributed by atoms with Crippen molar-refractivity contribution in [2.24, 2.45) is 5.73 Å². The fourth-order valence-electron chi connectivity index (χ4n) is 2.27. The summed E-state index contributed by atoms with van der Waals surface area (Å²) in [5, 5.41) is 0. The number of nitrogens with zero attached hydrogens (tertiary/aromatic N) is 1. The van der Waals surface area contributed by atoms with Crippen LogP contribution in [0.3, 0.4) is 0 Å². The number of rotatable bonds is 6. The minimum Gasteiger partial charge on any atom is -0.341 e. The highest BCUT2D eigenvalue weighted by Gasteiger charge is 2.20. The summed E-state index contributed by atoms with van der Waals surface area (Å²) < 4.78 is 0. The molecule has 2 N–H and O–H groups in total. The number of likely N-dealkylation sites (tertiary alicyclic amines) is 1. The fourth-order valence-corrected chi connectivity index (χ4v) is 2.27. The summed E-state index contributed by atoms with van der Waals surface area (Å²) in [6.07, 6.45) is 8.92. The zero-order valence-electron chi connectivity index (χ0n) is 10.6. The van der Waals surface area contributed by atoms with Gasteiger partial charge in [-0.05, 0) is 19.3 Å². The maximum Gasteiger partial charge on any atom is 0.222 e. The van der Waals surface area contributed by atoms with E-state index in [1.54, 1.807) is 0 Å². The second-order valence-electron chi connectivity index (χ2n) is 4.91. The molecule has 3 nitrogen and oxygen atoms in total. The van der Waals surface area contributed by atoms with Crippen LogP contribution in [0.2, 0.25) is 0 Å². The molecule has 0 spiro atoms. The van der Waals surface area contributed by atoms with Gasteiger partial charge in [-0.15, -0.1) is 0 Å². The quantitative estimate of drug-likeness (QED) is 0.706. The first-order chi connectivity index (χ1) is 7.74. The largest absolute Gasteiger partial charge is 0.341 e. The van der Waals surface area contributed by atoms with Crippen molar-refractivity contribution < 1.29 is 4.79 Å². The summed E-state index contributed by atoms with van der Waals surface area (Å²) in [6.45, 7) is 3.90. The van der Waals surface area contributed by atoms with Gasteiger partial charge in [-0.25, -0.2) is 0 Å². The van der Waals surface area contributed by atoms with Crippen LogP contribution in [0, 0.1) is 0 Å². The van der Waals surface area contributed by atoms with Crippen molar-refractivity contribution in [1.82, 2.24) is 4.90 Å². The van der Waals surface area contributed by atoms with Gasteiger partial charge in [-0.2, -0.15) is 0 Å². The van der Waals surface area contributed by atoms with Crippen molar-refractivity contribution in [3.63, 3.8) is 0 Å². The van der Waals surface area contributed by atoms with Gasteiger partial charge >= 0.3 is 0 Å². The van der Waals surface area contributed by atoms with Gasteiger partial charge < -0.3 is 10.6 Å². The average molecular weight is 226 g/mol. The third kappa shape index (κ3) is 4.97. The Bertz CT molecular complexity index is 206. The molecule has 1 aliphatic heterocycles. The second kappa shape index (κ2) is 7.66. The van der Waals surface area contributed by atoms with Gasteiger partial charge in [-0.3, -0.25) is 4.79 Å². The van der Waals surface area contributed by atoms with Gasteiger partial charge in [-0.1, -0.05) is 32.6 Å². The Kier molecular flexibility index (Phi) is 6.46. The standard InChI is InChI=1S/C13H26N2O/c1-2-3-4-5-6-9-13(16)15-10-7-8-12(14)11-15/h12H,2-11,14H2,1H3/t12-/m0/s1. The highest BCUT2D eigenvalue weighted by atomic mass is 16.2. The molecule has 1 amide bonds. The molecule has 1 aliphatic rings.